The molecular formula is C23H17IN2O2S. The van der Waals surface area contributed by atoms with Crippen molar-refractivity contribution in [2.45, 2.75) is 0 Å². The van der Waals surface area contributed by atoms with Crippen LogP contribution in [0.15, 0.2) is 93.7 Å². The highest BCUT2D eigenvalue weighted by atomic mass is 127. The molecule has 144 valence electrons. The molecule has 2 aromatic carbocycles. The van der Waals surface area contributed by atoms with Crippen LogP contribution in [-0.4, -0.2) is 22.5 Å². The van der Waals surface area contributed by atoms with E-state index in [4.69, 9.17) is 4.42 Å². The standard InChI is InChI=1S/C23H17IN2O2S/c1-2-14-26-22(27)21(29-23(26)25-18-6-4-3-5-7-18)15-19-12-13-20(28-19)16-8-10-17(24)11-9-16/h2-13,15H,1,14H2/b21-15+,25-23?. The largest absolute Gasteiger partial charge is 0.457 e. The van der Waals surface area contributed by atoms with Gasteiger partial charge in [-0.15, -0.1) is 6.58 Å². The lowest BCUT2D eigenvalue weighted by Gasteiger charge is -2.12. The zero-order valence-corrected chi connectivity index (χ0v) is 18.4. The lowest BCUT2D eigenvalue weighted by molar-refractivity contribution is -0.121. The topological polar surface area (TPSA) is 45.8 Å². The van der Waals surface area contributed by atoms with Gasteiger partial charge in [0.1, 0.15) is 11.5 Å². The van der Waals surface area contributed by atoms with Crippen LogP contribution in [0, 0.1) is 3.57 Å². The van der Waals surface area contributed by atoms with Gasteiger partial charge < -0.3 is 4.42 Å². The van der Waals surface area contributed by atoms with Crippen molar-refractivity contribution >= 4 is 57.2 Å². The molecule has 0 saturated carbocycles. The van der Waals surface area contributed by atoms with Gasteiger partial charge in [0.15, 0.2) is 5.17 Å². The van der Waals surface area contributed by atoms with Crippen LogP contribution < -0.4 is 0 Å². The molecule has 0 spiro atoms. The molecule has 6 heteroatoms. The second-order valence-corrected chi connectivity index (χ2v) is 8.51. The van der Waals surface area contributed by atoms with E-state index in [0.717, 1.165) is 17.0 Å². The van der Waals surface area contributed by atoms with Crippen molar-refractivity contribution in [3.05, 3.63) is 93.6 Å². The molecule has 0 bridgehead atoms. The van der Waals surface area contributed by atoms with E-state index in [1.165, 1.54) is 15.3 Å². The third kappa shape index (κ3) is 4.54. The van der Waals surface area contributed by atoms with Gasteiger partial charge in [-0.1, -0.05) is 36.4 Å². The Morgan fingerprint density at radius 1 is 1.07 bits per heavy atom. The van der Waals surface area contributed by atoms with Crippen LogP contribution in [0.2, 0.25) is 0 Å². The van der Waals surface area contributed by atoms with Crippen LogP contribution in [0.1, 0.15) is 5.76 Å². The normalized spacial score (nSPS) is 16.7. The second kappa shape index (κ2) is 8.84. The summed E-state index contributed by atoms with van der Waals surface area (Å²) in [6.07, 6.45) is 3.47. The molecule has 0 atom stereocenters. The van der Waals surface area contributed by atoms with Crippen molar-refractivity contribution in [1.82, 2.24) is 4.90 Å². The number of nitrogens with zero attached hydrogens (tertiary/aromatic N) is 2. The molecule has 1 saturated heterocycles. The molecule has 4 nitrogen and oxygen atoms in total. The highest BCUT2D eigenvalue weighted by molar-refractivity contribution is 14.1. The Bertz CT molecular complexity index is 1100. The van der Waals surface area contributed by atoms with Crippen LogP contribution in [0.25, 0.3) is 17.4 Å². The Labute approximate surface area is 187 Å². The molecule has 1 amide bonds. The van der Waals surface area contributed by atoms with Crippen LogP contribution in [0.3, 0.4) is 0 Å². The van der Waals surface area contributed by atoms with E-state index in [1.54, 1.807) is 17.1 Å². The summed E-state index contributed by atoms with van der Waals surface area (Å²) in [6.45, 7) is 4.16. The number of thioether (sulfide) groups is 1. The predicted octanol–water partition coefficient (Wildman–Crippen LogP) is 6.34. The molecule has 0 radical (unpaired) electrons. The fraction of sp³-hybridized carbons (Fsp3) is 0.0435. The summed E-state index contributed by atoms with van der Waals surface area (Å²) in [4.78, 5) is 19.7. The average Bonchev–Trinajstić information content (AvgIpc) is 3.30. The Morgan fingerprint density at radius 3 is 2.55 bits per heavy atom. The Kier molecular flexibility index (Phi) is 6.01. The molecule has 0 unspecified atom stereocenters. The van der Waals surface area contributed by atoms with Crippen molar-refractivity contribution in [3.63, 3.8) is 0 Å². The highest BCUT2D eigenvalue weighted by Gasteiger charge is 2.32. The van der Waals surface area contributed by atoms with Crippen molar-refractivity contribution in [2.24, 2.45) is 4.99 Å². The fourth-order valence-electron chi connectivity index (χ4n) is 2.82. The van der Waals surface area contributed by atoms with Crippen molar-refractivity contribution in [2.75, 3.05) is 6.54 Å². The van der Waals surface area contributed by atoms with Gasteiger partial charge in [-0.3, -0.25) is 9.69 Å². The smallest absolute Gasteiger partial charge is 0.267 e. The van der Waals surface area contributed by atoms with Crippen LogP contribution >= 0.6 is 34.4 Å². The average molecular weight is 512 g/mol. The molecule has 3 aromatic rings. The molecule has 0 N–H and O–H groups in total. The van der Waals surface area contributed by atoms with E-state index in [1.807, 2.05) is 66.7 Å². The number of rotatable bonds is 5. The third-order valence-electron chi connectivity index (χ3n) is 4.21. The van der Waals surface area contributed by atoms with Gasteiger partial charge in [0.25, 0.3) is 5.91 Å². The number of amides is 1. The summed E-state index contributed by atoms with van der Waals surface area (Å²) < 4.78 is 7.11. The van der Waals surface area contributed by atoms with E-state index in [0.29, 0.717) is 22.4 Å². The monoisotopic (exact) mass is 512 g/mol. The first-order valence-electron chi connectivity index (χ1n) is 8.96. The number of hydrogen-bond donors (Lipinski definition) is 0. The van der Waals surface area contributed by atoms with Crippen LogP contribution in [-0.2, 0) is 4.79 Å². The highest BCUT2D eigenvalue weighted by Crippen LogP contribution is 2.35. The summed E-state index contributed by atoms with van der Waals surface area (Å²) in [5.74, 6) is 1.30. The Morgan fingerprint density at radius 2 is 1.83 bits per heavy atom. The maximum absolute atomic E-state index is 12.9. The zero-order chi connectivity index (χ0) is 20.2. The van der Waals surface area contributed by atoms with Crippen molar-refractivity contribution in [3.8, 4) is 11.3 Å². The van der Waals surface area contributed by atoms with Crippen molar-refractivity contribution < 1.29 is 9.21 Å². The molecule has 29 heavy (non-hydrogen) atoms. The number of carbonyl (C=O) groups excluding carboxylic acids is 1. The number of halogens is 1. The second-order valence-electron chi connectivity index (χ2n) is 6.25. The summed E-state index contributed by atoms with van der Waals surface area (Å²) in [5, 5.41) is 0.636. The Balaban J connectivity index is 1.62. The molecule has 2 heterocycles. The van der Waals surface area contributed by atoms with E-state index in [2.05, 4.69) is 34.2 Å². The third-order valence-corrected chi connectivity index (χ3v) is 5.94. The molecule has 1 fully saturated rings. The maximum Gasteiger partial charge on any atom is 0.267 e. The predicted molar refractivity (Wildman–Crippen MR) is 128 cm³/mol. The SMILES string of the molecule is C=CCN1C(=O)/C(=C\c2ccc(-c3ccc(I)cc3)o2)SC1=Nc1ccccc1. The molecular weight excluding hydrogens is 495 g/mol. The van der Waals surface area contributed by atoms with Gasteiger partial charge in [-0.2, -0.15) is 0 Å². The quantitative estimate of drug-likeness (QED) is 0.228. The molecule has 1 aliphatic heterocycles. The first kappa shape index (κ1) is 19.7. The number of amidine groups is 1. The molecule has 4 rings (SSSR count). The molecule has 1 aromatic heterocycles. The minimum Gasteiger partial charge on any atom is -0.457 e. The lowest BCUT2D eigenvalue weighted by Crippen LogP contribution is -2.29. The van der Waals surface area contributed by atoms with Crippen LogP contribution in [0.4, 0.5) is 5.69 Å². The minimum atomic E-state index is -0.100. The summed E-state index contributed by atoms with van der Waals surface area (Å²) in [5.41, 5.74) is 1.80. The van der Waals surface area contributed by atoms with E-state index >= 15 is 0 Å². The van der Waals surface area contributed by atoms with E-state index in [-0.39, 0.29) is 5.91 Å². The molecule has 0 aliphatic carbocycles. The summed E-state index contributed by atoms with van der Waals surface area (Å²) >= 11 is 3.61. The van der Waals surface area contributed by atoms with E-state index < -0.39 is 0 Å². The summed E-state index contributed by atoms with van der Waals surface area (Å²) in [6, 6.07) is 21.5. The number of para-hydroxylation sites is 1. The van der Waals surface area contributed by atoms with Crippen LogP contribution in [0.5, 0.6) is 0 Å². The van der Waals surface area contributed by atoms with Gasteiger partial charge >= 0.3 is 0 Å². The number of aliphatic imine (C=N–C) groups is 1. The van der Waals surface area contributed by atoms with Gasteiger partial charge in [0, 0.05) is 21.8 Å². The number of carbonyl (C=O) groups is 1. The van der Waals surface area contributed by atoms with Gasteiger partial charge in [0.2, 0.25) is 0 Å². The minimum absolute atomic E-state index is 0.100. The first-order valence-corrected chi connectivity index (χ1v) is 10.9. The zero-order valence-electron chi connectivity index (χ0n) is 15.4. The first-order chi connectivity index (χ1) is 14.1. The van der Waals surface area contributed by atoms with Gasteiger partial charge in [-0.25, -0.2) is 4.99 Å². The molecule has 1 aliphatic rings. The van der Waals surface area contributed by atoms with Crippen molar-refractivity contribution in [1.29, 1.82) is 0 Å². The number of benzene rings is 2. The summed E-state index contributed by atoms with van der Waals surface area (Å²) in [7, 11) is 0. The number of hydrogen-bond acceptors (Lipinski definition) is 4. The maximum atomic E-state index is 12.9. The van der Waals surface area contributed by atoms with Gasteiger partial charge in [0.05, 0.1) is 10.6 Å². The number of furan rings is 1. The van der Waals surface area contributed by atoms with Gasteiger partial charge in [-0.05, 0) is 70.8 Å². The van der Waals surface area contributed by atoms with E-state index in [9.17, 15) is 4.79 Å². The fourth-order valence-corrected chi connectivity index (χ4v) is 4.17. The Hall–Kier alpha value is -2.58. The lowest BCUT2D eigenvalue weighted by atomic mass is 10.2.